The van der Waals surface area contributed by atoms with Crippen LogP contribution in [0.1, 0.15) is 29.3 Å². The summed E-state index contributed by atoms with van der Waals surface area (Å²) in [6.07, 6.45) is 1.58. The van der Waals surface area contributed by atoms with Gasteiger partial charge < -0.3 is 20.9 Å². The quantitative estimate of drug-likeness (QED) is 0.729. The molecule has 2 aromatic heterocycles. The lowest BCUT2D eigenvalue weighted by atomic mass is 10.2. The molecule has 8 nitrogen and oxygen atoms in total. The first-order valence-electron chi connectivity index (χ1n) is 6.58. The number of aryl methyl sites for hydroxylation is 1. The van der Waals surface area contributed by atoms with Crippen LogP contribution in [0.15, 0.2) is 6.33 Å². The largest absolute Gasteiger partial charge is 0.382 e. The molecule has 1 amide bonds. The third-order valence-electron chi connectivity index (χ3n) is 2.73. The van der Waals surface area contributed by atoms with Gasteiger partial charge in [-0.15, -0.1) is 10.2 Å². The molecule has 2 heterocycles. The Bertz CT molecular complexity index is 619. The second-order valence-electron chi connectivity index (χ2n) is 5.05. The van der Waals surface area contributed by atoms with Gasteiger partial charge >= 0.3 is 0 Å². The molecule has 21 heavy (non-hydrogen) atoms. The fourth-order valence-electron chi connectivity index (χ4n) is 1.57. The predicted octanol–water partition coefficient (Wildman–Crippen LogP) is 0.852. The molecular weight excluding hydrogens is 290 g/mol. The van der Waals surface area contributed by atoms with Gasteiger partial charge in [0.1, 0.15) is 17.0 Å². The van der Waals surface area contributed by atoms with Gasteiger partial charge in [-0.1, -0.05) is 25.2 Å². The number of aromatic nitrogens is 4. The number of nitrogens with zero attached hydrogens (tertiary/aromatic N) is 4. The average molecular weight is 309 g/mol. The van der Waals surface area contributed by atoms with Crippen LogP contribution < -0.4 is 16.4 Å². The van der Waals surface area contributed by atoms with Crippen molar-refractivity contribution in [2.24, 2.45) is 13.0 Å². The van der Waals surface area contributed by atoms with Crippen molar-refractivity contribution in [1.82, 2.24) is 25.1 Å². The summed E-state index contributed by atoms with van der Waals surface area (Å²) in [5.41, 5.74) is 5.79. The summed E-state index contributed by atoms with van der Waals surface area (Å²) in [7, 11) is 1.82. The van der Waals surface area contributed by atoms with E-state index in [4.69, 9.17) is 5.73 Å². The molecule has 2 rings (SSSR count). The second-order valence-corrected chi connectivity index (χ2v) is 6.05. The van der Waals surface area contributed by atoms with Crippen molar-refractivity contribution in [2.75, 3.05) is 17.6 Å². The third kappa shape index (κ3) is 3.91. The number of amides is 1. The molecule has 2 aromatic rings. The first-order chi connectivity index (χ1) is 9.97. The number of rotatable bonds is 6. The number of thiazole rings is 1. The molecule has 0 atom stereocenters. The molecule has 0 radical (unpaired) electrons. The molecule has 9 heteroatoms. The van der Waals surface area contributed by atoms with E-state index in [2.05, 4.69) is 39.7 Å². The minimum atomic E-state index is -0.259. The summed E-state index contributed by atoms with van der Waals surface area (Å²) >= 11 is 1.25. The highest BCUT2D eigenvalue weighted by atomic mass is 32.1. The van der Waals surface area contributed by atoms with Gasteiger partial charge in [0.25, 0.3) is 5.91 Å². The van der Waals surface area contributed by atoms with Gasteiger partial charge in [-0.3, -0.25) is 4.79 Å². The Labute approximate surface area is 126 Å². The highest BCUT2D eigenvalue weighted by Gasteiger charge is 2.16. The number of nitrogens with two attached hydrogens (primary N) is 1. The number of carbonyl (C=O) groups is 1. The van der Waals surface area contributed by atoms with E-state index < -0.39 is 0 Å². The smallest absolute Gasteiger partial charge is 0.265 e. The van der Waals surface area contributed by atoms with E-state index >= 15 is 0 Å². The topological polar surface area (TPSA) is 111 Å². The van der Waals surface area contributed by atoms with Gasteiger partial charge in [-0.2, -0.15) is 0 Å². The molecule has 0 aromatic carbocycles. The van der Waals surface area contributed by atoms with Crippen LogP contribution in [0.25, 0.3) is 0 Å². The van der Waals surface area contributed by atoms with Crippen molar-refractivity contribution in [2.45, 2.75) is 20.4 Å². The Morgan fingerprint density at radius 1 is 1.52 bits per heavy atom. The van der Waals surface area contributed by atoms with Crippen LogP contribution in [0.5, 0.6) is 0 Å². The van der Waals surface area contributed by atoms with Crippen molar-refractivity contribution in [1.29, 1.82) is 0 Å². The van der Waals surface area contributed by atoms with E-state index in [1.54, 1.807) is 10.9 Å². The molecule has 114 valence electrons. The van der Waals surface area contributed by atoms with Crippen LogP contribution in [0.4, 0.5) is 10.9 Å². The summed E-state index contributed by atoms with van der Waals surface area (Å²) in [5, 5.41) is 14.2. The fourth-order valence-corrected chi connectivity index (χ4v) is 2.38. The maximum atomic E-state index is 12.1. The lowest BCUT2D eigenvalue weighted by molar-refractivity contribution is 0.0954. The highest BCUT2D eigenvalue weighted by Crippen LogP contribution is 2.25. The first-order valence-corrected chi connectivity index (χ1v) is 7.40. The third-order valence-corrected chi connectivity index (χ3v) is 3.76. The van der Waals surface area contributed by atoms with E-state index in [-0.39, 0.29) is 11.7 Å². The monoisotopic (exact) mass is 309 g/mol. The Morgan fingerprint density at radius 3 is 2.90 bits per heavy atom. The van der Waals surface area contributed by atoms with Gasteiger partial charge in [0.15, 0.2) is 11.0 Å². The SMILES string of the molecule is CC(C)CNc1nc(N)c(C(=O)NCc2nncn2C)s1. The Hall–Kier alpha value is -2.16. The van der Waals surface area contributed by atoms with E-state index in [0.717, 1.165) is 6.54 Å². The minimum absolute atomic E-state index is 0.238. The van der Waals surface area contributed by atoms with Crippen LogP contribution >= 0.6 is 11.3 Å². The van der Waals surface area contributed by atoms with E-state index in [1.165, 1.54) is 11.3 Å². The second kappa shape index (κ2) is 6.53. The molecule has 0 unspecified atom stereocenters. The zero-order chi connectivity index (χ0) is 15.4. The maximum absolute atomic E-state index is 12.1. The molecule has 0 aliphatic carbocycles. The average Bonchev–Trinajstić information content (AvgIpc) is 3.00. The zero-order valence-electron chi connectivity index (χ0n) is 12.3. The summed E-state index contributed by atoms with van der Waals surface area (Å²) in [6, 6.07) is 0. The standard InChI is InChI=1S/C12H19N7OS/c1-7(2)4-15-12-17-10(13)9(21-12)11(20)14-5-8-18-16-6-19(8)3/h6-7H,4-5,13H2,1-3H3,(H,14,20)(H,15,17). The van der Waals surface area contributed by atoms with Gasteiger partial charge in [-0.05, 0) is 5.92 Å². The van der Waals surface area contributed by atoms with Gasteiger partial charge in [0, 0.05) is 13.6 Å². The Kier molecular flexibility index (Phi) is 4.73. The van der Waals surface area contributed by atoms with E-state index in [1.807, 2.05) is 7.05 Å². The lowest BCUT2D eigenvalue weighted by Gasteiger charge is -2.04. The molecule has 0 aliphatic heterocycles. The minimum Gasteiger partial charge on any atom is -0.382 e. The number of nitrogen functional groups attached to an aromatic ring is 1. The molecule has 0 spiro atoms. The normalized spacial score (nSPS) is 10.9. The molecule has 0 saturated carbocycles. The predicted molar refractivity (Wildman–Crippen MR) is 82.0 cm³/mol. The van der Waals surface area contributed by atoms with Crippen molar-refractivity contribution in [3.05, 3.63) is 17.0 Å². The summed E-state index contributed by atoms with van der Waals surface area (Å²) in [6.45, 7) is 5.27. The van der Waals surface area contributed by atoms with Crippen molar-refractivity contribution < 1.29 is 4.79 Å². The molecule has 0 aliphatic rings. The van der Waals surface area contributed by atoms with Gasteiger partial charge in [-0.25, -0.2) is 4.98 Å². The summed E-state index contributed by atoms with van der Waals surface area (Å²) in [5.74, 6) is 1.14. The number of nitrogens with one attached hydrogen (secondary N) is 2. The molecule has 4 N–H and O–H groups in total. The lowest BCUT2D eigenvalue weighted by Crippen LogP contribution is -2.24. The molecule has 0 fully saturated rings. The highest BCUT2D eigenvalue weighted by molar-refractivity contribution is 7.18. The van der Waals surface area contributed by atoms with Crippen molar-refractivity contribution >= 4 is 28.2 Å². The van der Waals surface area contributed by atoms with E-state index in [9.17, 15) is 4.79 Å². The number of anilines is 2. The fraction of sp³-hybridized carbons (Fsp3) is 0.500. The number of hydrogen-bond donors (Lipinski definition) is 3. The van der Waals surface area contributed by atoms with Crippen molar-refractivity contribution in [3.8, 4) is 0 Å². The zero-order valence-corrected chi connectivity index (χ0v) is 13.1. The van der Waals surface area contributed by atoms with E-state index in [0.29, 0.717) is 28.3 Å². The molecule has 0 bridgehead atoms. The van der Waals surface area contributed by atoms with Crippen LogP contribution in [-0.2, 0) is 13.6 Å². The van der Waals surface area contributed by atoms with Crippen molar-refractivity contribution in [3.63, 3.8) is 0 Å². The maximum Gasteiger partial charge on any atom is 0.265 e. The molecule has 0 saturated heterocycles. The number of hydrogen-bond acceptors (Lipinski definition) is 7. The van der Waals surface area contributed by atoms with Crippen LogP contribution in [0.2, 0.25) is 0 Å². The number of carbonyl (C=O) groups excluding carboxylic acids is 1. The van der Waals surface area contributed by atoms with Crippen LogP contribution in [0.3, 0.4) is 0 Å². The first kappa shape index (κ1) is 15.2. The van der Waals surface area contributed by atoms with Crippen LogP contribution in [-0.4, -0.2) is 32.2 Å². The summed E-state index contributed by atoms with van der Waals surface area (Å²) < 4.78 is 1.74. The Balaban J connectivity index is 1.97. The van der Waals surface area contributed by atoms with Gasteiger partial charge in [0.2, 0.25) is 0 Å². The molecular formula is C12H19N7OS. The summed E-state index contributed by atoms with van der Waals surface area (Å²) in [4.78, 5) is 16.7. The van der Waals surface area contributed by atoms with Crippen LogP contribution in [0, 0.1) is 5.92 Å². The Morgan fingerprint density at radius 2 is 2.29 bits per heavy atom. The van der Waals surface area contributed by atoms with Gasteiger partial charge in [0.05, 0.1) is 6.54 Å².